The third kappa shape index (κ3) is 2.72. The third-order valence-electron chi connectivity index (χ3n) is 2.12. The lowest BCUT2D eigenvalue weighted by atomic mass is 10.1. The van der Waals surface area contributed by atoms with Gasteiger partial charge in [-0.05, 0) is 25.0 Å². The maximum absolute atomic E-state index is 4.42. The largest absolute Gasteiger partial charge is 0.268 e. The number of hydrogen-bond donors (Lipinski definition) is 0. The fraction of sp³-hybridized carbons (Fsp3) is 0.583. The minimum atomic E-state index is 1.06. The number of rotatable bonds is 3. The molecule has 0 spiro atoms. The quantitative estimate of drug-likeness (QED) is 0.721. The van der Waals surface area contributed by atoms with Crippen LogP contribution in [0.4, 0.5) is 0 Å². The van der Waals surface area contributed by atoms with Gasteiger partial charge in [0.1, 0.15) is 0 Å². The van der Waals surface area contributed by atoms with Gasteiger partial charge >= 0.3 is 0 Å². The van der Waals surface area contributed by atoms with Gasteiger partial charge in [0.15, 0.2) is 0 Å². The molecule has 0 aliphatic heterocycles. The van der Waals surface area contributed by atoms with Crippen LogP contribution >= 0.6 is 0 Å². The molecule has 0 saturated carbocycles. The SMILES string of the molecule is C=Cc1c(C)c(CCC)nn1C.CC. The van der Waals surface area contributed by atoms with E-state index in [0.29, 0.717) is 0 Å². The summed E-state index contributed by atoms with van der Waals surface area (Å²) in [5.41, 5.74) is 3.61. The van der Waals surface area contributed by atoms with Crippen LogP contribution < -0.4 is 0 Å². The lowest BCUT2D eigenvalue weighted by molar-refractivity contribution is 0.728. The molecule has 0 unspecified atom stereocenters. The highest BCUT2D eigenvalue weighted by Crippen LogP contribution is 2.14. The van der Waals surface area contributed by atoms with Crippen molar-refractivity contribution in [3.05, 3.63) is 23.5 Å². The van der Waals surface area contributed by atoms with Crippen LogP contribution in [0.3, 0.4) is 0 Å². The van der Waals surface area contributed by atoms with Crippen molar-refractivity contribution in [3.63, 3.8) is 0 Å². The minimum Gasteiger partial charge on any atom is -0.268 e. The second kappa shape index (κ2) is 6.41. The molecule has 0 fully saturated rings. The molecule has 14 heavy (non-hydrogen) atoms. The first-order valence-electron chi connectivity index (χ1n) is 5.35. The van der Waals surface area contributed by atoms with Crippen molar-refractivity contribution in [1.29, 1.82) is 0 Å². The molecule has 0 atom stereocenters. The molecule has 0 bridgehead atoms. The highest BCUT2D eigenvalue weighted by Gasteiger charge is 2.07. The van der Waals surface area contributed by atoms with E-state index in [1.165, 1.54) is 11.3 Å². The Balaban J connectivity index is 0.000000791. The summed E-state index contributed by atoms with van der Waals surface area (Å²) in [5, 5.41) is 4.42. The van der Waals surface area contributed by atoms with Gasteiger partial charge in [-0.3, -0.25) is 4.68 Å². The lowest BCUT2D eigenvalue weighted by Crippen LogP contribution is -1.93. The zero-order chi connectivity index (χ0) is 11.1. The van der Waals surface area contributed by atoms with Crippen molar-refractivity contribution in [2.75, 3.05) is 0 Å². The summed E-state index contributed by atoms with van der Waals surface area (Å²) in [6, 6.07) is 0. The Morgan fingerprint density at radius 2 is 2.00 bits per heavy atom. The van der Waals surface area contributed by atoms with Crippen LogP contribution in [0, 0.1) is 6.92 Å². The zero-order valence-electron chi connectivity index (χ0n) is 10.1. The summed E-state index contributed by atoms with van der Waals surface area (Å²) in [5.74, 6) is 0. The first-order valence-corrected chi connectivity index (χ1v) is 5.35. The van der Waals surface area contributed by atoms with Crippen LogP contribution in [-0.2, 0) is 13.5 Å². The molecule has 2 nitrogen and oxygen atoms in total. The second-order valence-corrected chi connectivity index (χ2v) is 3.03. The van der Waals surface area contributed by atoms with Gasteiger partial charge in [0.25, 0.3) is 0 Å². The molecule has 1 rings (SSSR count). The molecule has 0 aliphatic rings. The van der Waals surface area contributed by atoms with E-state index < -0.39 is 0 Å². The molecular formula is C12H22N2. The van der Waals surface area contributed by atoms with E-state index in [1.807, 2.05) is 31.7 Å². The molecule has 0 aliphatic carbocycles. The van der Waals surface area contributed by atoms with Gasteiger partial charge < -0.3 is 0 Å². The Labute approximate surface area is 87.6 Å². The van der Waals surface area contributed by atoms with Crippen LogP contribution in [-0.4, -0.2) is 9.78 Å². The van der Waals surface area contributed by atoms with Gasteiger partial charge in [0.05, 0.1) is 11.4 Å². The topological polar surface area (TPSA) is 17.8 Å². The van der Waals surface area contributed by atoms with E-state index in [9.17, 15) is 0 Å². The molecule has 0 N–H and O–H groups in total. The second-order valence-electron chi connectivity index (χ2n) is 3.03. The zero-order valence-corrected chi connectivity index (χ0v) is 10.1. The molecule has 80 valence electrons. The van der Waals surface area contributed by atoms with Crippen LogP contribution in [0.5, 0.6) is 0 Å². The Morgan fingerprint density at radius 1 is 1.43 bits per heavy atom. The van der Waals surface area contributed by atoms with Crippen molar-refractivity contribution in [2.24, 2.45) is 7.05 Å². The van der Waals surface area contributed by atoms with E-state index in [2.05, 4.69) is 25.5 Å². The summed E-state index contributed by atoms with van der Waals surface area (Å²) in [7, 11) is 1.96. The summed E-state index contributed by atoms with van der Waals surface area (Å²) >= 11 is 0. The van der Waals surface area contributed by atoms with Gasteiger partial charge in [-0.2, -0.15) is 5.10 Å². The van der Waals surface area contributed by atoms with Gasteiger partial charge in [-0.25, -0.2) is 0 Å². The van der Waals surface area contributed by atoms with E-state index in [-0.39, 0.29) is 0 Å². The van der Waals surface area contributed by atoms with E-state index in [0.717, 1.165) is 18.5 Å². The predicted molar refractivity (Wildman–Crippen MR) is 63.4 cm³/mol. The third-order valence-corrected chi connectivity index (χ3v) is 2.12. The predicted octanol–water partition coefficient (Wildman–Crippen LogP) is 3.35. The maximum Gasteiger partial charge on any atom is 0.0659 e. The summed E-state index contributed by atoms with van der Waals surface area (Å²) in [6.07, 6.45) is 4.07. The monoisotopic (exact) mass is 194 g/mol. The van der Waals surface area contributed by atoms with Crippen molar-refractivity contribution < 1.29 is 0 Å². The molecule has 0 aromatic carbocycles. The molecule has 2 heteroatoms. The van der Waals surface area contributed by atoms with Crippen LogP contribution in [0.15, 0.2) is 6.58 Å². The van der Waals surface area contributed by atoms with Gasteiger partial charge in [0.2, 0.25) is 0 Å². The first-order chi connectivity index (χ1) is 6.70. The standard InChI is InChI=1S/C10H16N2.C2H6/c1-5-7-9-8(3)10(6-2)12(4)11-9;1-2/h6H,2,5,7H2,1,3-4H3;1-2H3. The van der Waals surface area contributed by atoms with Crippen LogP contribution in [0.2, 0.25) is 0 Å². The fourth-order valence-electron chi connectivity index (χ4n) is 1.46. The average molecular weight is 194 g/mol. The molecule has 1 aromatic heterocycles. The van der Waals surface area contributed by atoms with Crippen molar-refractivity contribution in [2.45, 2.75) is 40.5 Å². The van der Waals surface area contributed by atoms with Gasteiger partial charge in [-0.15, -0.1) is 0 Å². The van der Waals surface area contributed by atoms with Crippen LogP contribution in [0.1, 0.15) is 44.1 Å². The Hall–Kier alpha value is -1.05. The molecule has 0 saturated heterocycles. The van der Waals surface area contributed by atoms with E-state index in [1.54, 1.807) is 0 Å². The Bertz CT molecular complexity index is 285. The van der Waals surface area contributed by atoms with Gasteiger partial charge in [-0.1, -0.05) is 33.8 Å². The molecule has 1 aromatic rings. The fourth-order valence-corrected chi connectivity index (χ4v) is 1.46. The highest BCUT2D eigenvalue weighted by atomic mass is 15.3. The summed E-state index contributed by atoms with van der Waals surface area (Å²) < 4.78 is 1.90. The Morgan fingerprint density at radius 3 is 2.36 bits per heavy atom. The summed E-state index contributed by atoms with van der Waals surface area (Å²) in [4.78, 5) is 0. The molecule has 0 amide bonds. The van der Waals surface area contributed by atoms with E-state index in [4.69, 9.17) is 0 Å². The van der Waals surface area contributed by atoms with Crippen molar-refractivity contribution in [3.8, 4) is 0 Å². The molecular weight excluding hydrogens is 172 g/mol. The Kier molecular flexibility index (Phi) is 5.93. The smallest absolute Gasteiger partial charge is 0.0659 e. The highest BCUT2D eigenvalue weighted by molar-refractivity contribution is 5.48. The normalized spacial score (nSPS) is 9.21. The lowest BCUT2D eigenvalue weighted by Gasteiger charge is -1.93. The maximum atomic E-state index is 4.42. The summed E-state index contributed by atoms with van der Waals surface area (Å²) in [6.45, 7) is 12.0. The number of nitrogens with zero attached hydrogens (tertiary/aromatic N) is 2. The number of hydrogen-bond acceptors (Lipinski definition) is 1. The van der Waals surface area contributed by atoms with Crippen molar-refractivity contribution in [1.82, 2.24) is 9.78 Å². The minimum absolute atomic E-state index is 1.06. The van der Waals surface area contributed by atoms with Gasteiger partial charge in [0, 0.05) is 7.05 Å². The van der Waals surface area contributed by atoms with E-state index >= 15 is 0 Å². The average Bonchev–Trinajstić information content (AvgIpc) is 2.46. The number of aryl methyl sites for hydroxylation is 2. The van der Waals surface area contributed by atoms with Crippen molar-refractivity contribution >= 4 is 6.08 Å². The number of aromatic nitrogens is 2. The first kappa shape index (κ1) is 12.9. The molecule has 1 heterocycles. The van der Waals surface area contributed by atoms with Crippen LogP contribution in [0.25, 0.3) is 6.08 Å². The molecule has 0 radical (unpaired) electrons.